The van der Waals surface area contributed by atoms with E-state index in [1.807, 2.05) is 36.4 Å². The number of aliphatic imine (C=N–C) groups is 1. The Morgan fingerprint density at radius 1 is 0.600 bits per heavy atom. The number of hydrogen-bond donors (Lipinski definition) is 1. The third kappa shape index (κ3) is 6.12. The van der Waals surface area contributed by atoms with Crippen molar-refractivity contribution in [2.45, 2.75) is 19.0 Å². The van der Waals surface area contributed by atoms with Gasteiger partial charge in [-0.1, -0.05) is 133 Å². The van der Waals surface area contributed by atoms with Crippen LogP contribution in [0.2, 0.25) is 0 Å². The number of nitrogens with one attached hydrogen (secondary N) is 1. The van der Waals surface area contributed by atoms with Crippen molar-refractivity contribution < 1.29 is 4.42 Å². The molecule has 2 aliphatic rings. The normalized spacial score (nSPS) is 15.3. The van der Waals surface area contributed by atoms with E-state index < -0.39 is 0 Å². The van der Waals surface area contributed by atoms with Gasteiger partial charge in [0, 0.05) is 22.0 Å². The zero-order chi connectivity index (χ0) is 36.7. The third-order valence-corrected chi connectivity index (χ3v) is 10.7. The fourth-order valence-corrected chi connectivity index (χ4v) is 7.90. The molecule has 0 bridgehead atoms. The van der Waals surface area contributed by atoms with Crippen molar-refractivity contribution in [2.24, 2.45) is 4.99 Å². The Bertz CT molecular complexity index is 2950. The van der Waals surface area contributed by atoms with Crippen molar-refractivity contribution in [3.8, 4) is 39.4 Å². The SMILES string of the molecule is N#Cc1cc(-c2ccc3ccc(-c4ccc(C5=NC(C6=CCCC=C6)NC(c6ccccc6)=C5)cc4)cc3c2)cc(-c2cccc3c2oc2ccccc23)c1. The van der Waals surface area contributed by atoms with Crippen molar-refractivity contribution in [2.75, 3.05) is 0 Å². The summed E-state index contributed by atoms with van der Waals surface area (Å²) in [6, 6.07) is 55.2. The number of para-hydroxylation sites is 2. The maximum atomic E-state index is 10.1. The maximum absolute atomic E-state index is 10.1. The molecule has 0 spiro atoms. The Balaban J connectivity index is 0.984. The van der Waals surface area contributed by atoms with E-state index in [9.17, 15) is 5.26 Å². The molecule has 0 saturated heterocycles. The largest absolute Gasteiger partial charge is 0.455 e. The zero-order valence-electron chi connectivity index (χ0n) is 30.0. The lowest BCUT2D eigenvalue weighted by molar-refractivity contribution is 0.670. The van der Waals surface area contributed by atoms with E-state index in [1.54, 1.807) is 0 Å². The standard InChI is InChI=1S/C51H35N3O/c52-32-33-26-41(30-43(27-33)44-15-9-16-46-45-14-7-8-17-49(45)55-50(44)46)40-25-21-35-20-24-39(28-42(35)29-40)34-18-22-37(23-19-34)48-31-47(36-10-3-1-4-11-36)53-51(54-48)38-12-5-2-6-13-38/h1,3-5,7-31,51,53H,2,6H2. The molecule has 1 aliphatic heterocycles. The van der Waals surface area contributed by atoms with Crippen LogP contribution in [-0.2, 0) is 0 Å². The first-order valence-electron chi connectivity index (χ1n) is 18.8. The van der Waals surface area contributed by atoms with E-state index in [0.29, 0.717) is 5.56 Å². The Morgan fingerprint density at radius 3 is 2.13 bits per heavy atom. The van der Waals surface area contributed by atoms with E-state index in [0.717, 1.165) is 101 Å². The molecule has 4 nitrogen and oxygen atoms in total. The highest BCUT2D eigenvalue weighted by atomic mass is 16.3. The maximum Gasteiger partial charge on any atom is 0.145 e. The molecule has 1 atom stereocenters. The highest BCUT2D eigenvalue weighted by Crippen LogP contribution is 2.38. The van der Waals surface area contributed by atoms with Gasteiger partial charge in [-0.15, -0.1) is 0 Å². The molecule has 0 saturated carbocycles. The summed E-state index contributed by atoms with van der Waals surface area (Å²) in [7, 11) is 0. The van der Waals surface area contributed by atoms with Gasteiger partial charge in [0.25, 0.3) is 0 Å². The lowest BCUT2D eigenvalue weighted by Gasteiger charge is -2.26. The van der Waals surface area contributed by atoms with Crippen LogP contribution in [-0.4, -0.2) is 11.9 Å². The van der Waals surface area contributed by atoms with Crippen LogP contribution < -0.4 is 5.32 Å². The second-order valence-electron chi connectivity index (χ2n) is 14.2. The molecule has 1 N–H and O–H groups in total. The first kappa shape index (κ1) is 32.4. The zero-order valence-corrected chi connectivity index (χ0v) is 30.0. The van der Waals surface area contributed by atoms with Crippen LogP contribution in [0.25, 0.3) is 71.8 Å². The van der Waals surface area contributed by atoms with E-state index >= 15 is 0 Å². The Hall–Kier alpha value is -7.22. The first-order valence-corrected chi connectivity index (χ1v) is 18.8. The fraction of sp³-hybridized carbons (Fsp3) is 0.0588. The molecule has 8 aromatic rings. The number of allylic oxidation sites excluding steroid dienone is 3. The van der Waals surface area contributed by atoms with Gasteiger partial charge < -0.3 is 9.73 Å². The molecule has 1 aliphatic carbocycles. The third-order valence-electron chi connectivity index (χ3n) is 10.7. The minimum absolute atomic E-state index is 0.134. The van der Waals surface area contributed by atoms with Crippen LogP contribution in [0.5, 0.6) is 0 Å². The van der Waals surface area contributed by atoms with Crippen molar-refractivity contribution in [1.29, 1.82) is 5.26 Å². The first-order chi connectivity index (χ1) is 27.2. The molecule has 1 unspecified atom stereocenters. The van der Waals surface area contributed by atoms with Crippen LogP contribution >= 0.6 is 0 Å². The summed E-state index contributed by atoms with van der Waals surface area (Å²) in [4.78, 5) is 5.18. The highest BCUT2D eigenvalue weighted by Gasteiger charge is 2.21. The summed E-state index contributed by atoms with van der Waals surface area (Å²) in [6.07, 6.45) is 10.9. The summed E-state index contributed by atoms with van der Waals surface area (Å²) in [5, 5.41) is 18.2. The molecule has 0 fully saturated rings. The van der Waals surface area contributed by atoms with Gasteiger partial charge in [-0.2, -0.15) is 5.26 Å². The number of benzene rings is 7. The van der Waals surface area contributed by atoms with Crippen LogP contribution in [0.15, 0.2) is 191 Å². The van der Waals surface area contributed by atoms with Gasteiger partial charge >= 0.3 is 0 Å². The summed E-state index contributed by atoms with van der Waals surface area (Å²) in [6.45, 7) is 0. The van der Waals surface area contributed by atoms with E-state index in [-0.39, 0.29) is 6.17 Å². The molecule has 10 rings (SSSR count). The van der Waals surface area contributed by atoms with Crippen molar-refractivity contribution in [3.63, 3.8) is 0 Å². The predicted octanol–water partition coefficient (Wildman–Crippen LogP) is 12.6. The van der Waals surface area contributed by atoms with Gasteiger partial charge in [0.15, 0.2) is 0 Å². The molecule has 55 heavy (non-hydrogen) atoms. The van der Waals surface area contributed by atoms with Gasteiger partial charge in [-0.3, -0.25) is 4.99 Å². The second-order valence-corrected chi connectivity index (χ2v) is 14.2. The predicted molar refractivity (Wildman–Crippen MR) is 227 cm³/mol. The van der Waals surface area contributed by atoms with Crippen molar-refractivity contribution in [3.05, 3.63) is 198 Å². The molecule has 260 valence electrons. The van der Waals surface area contributed by atoms with Gasteiger partial charge in [-0.25, -0.2) is 0 Å². The number of furan rings is 1. The Morgan fingerprint density at radius 2 is 1.33 bits per heavy atom. The number of rotatable bonds is 6. The fourth-order valence-electron chi connectivity index (χ4n) is 7.90. The lowest BCUT2D eigenvalue weighted by Crippen LogP contribution is -2.32. The monoisotopic (exact) mass is 705 g/mol. The molecule has 7 aromatic carbocycles. The van der Waals surface area contributed by atoms with Gasteiger partial charge in [0.2, 0.25) is 0 Å². The van der Waals surface area contributed by atoms with Gasteiger partial charge in [0.05, 0.1) is 17.3 Å². The number of nitriles is 1. The van der Waals surface area contributed by atoms with Crippen LogP contribution in [0.1, 0.15) is 29.5 Å². The van der Waals surface area contributed by atoms with Crippen LogP contribution in [0.4, 0.5) is 0 Å². The molecular weight excluding hydrogens is 671 g/mol. The smallest absolute Gasteiger partial charge is 0.145 e. The summed E-state index contributed by atoms with van der Waals surface area (Å²) < 4.78 is 6.36. The summed E-state index contributed by atoms with van der Waals surface area (Å²) in [5.74, 6) is 0. The average molecular weight is 706 g/mol. The minimum Gasteiger partial charge on any atom is -0.455 e. The molecule has 4 heteroatoms. The average Bonchev–Trinajstić information content (AvgIpc) is 3.65. The van der Waals surface area contributed by atoms with E-state index in [4.69, 9.17) is 9.41 Å². The Labute approximate surface area is 319 Å². The second kappa shape index (κ2) is 13.6. The van der Waals surface area contributed by atoms with Crippen LogP contribution in [0.3, 0.4) is 0 Å². The minimum atomic E-state index is -0.134. The van der Waals surface area contributed by atoms with Crippen molar-refractivity contribution >= 4 is 44.1 Å². The van der Waals surface area contributed by atoms with Gasteiger partial charge in [0.1, 0.15) is 17.3 Å². The summed E-state index contributed by atoms with van der Waals surface area (Å²) >= 11 is 0. The van der Waals surface area contributed by atoms with E-state index in [1.165, 1.54) is 5.57 Å². The molecule has 2 heterocycles. The number of hydrogen-bond acceptors (Lipinski definition) is 4. The van der Waals surface area contributed by atoms with Crippen LogP contribution in [0, 0.1) is 11.3 Å². The Kier molecular flexibility index (Phi) is 8.04. The van der Waals surface area contributed by atoms with E-state index in [2.05, 4.69) is 151 Å². The molecule has 1 aromatic heterocycles. The highest BCUT2D eigenvalue weighted by molar-refractivity contribution is 6.13. The topological polar surface area (TPSA) is 61.3 Å². The number of nitrogens with zero attached hydrogens (tertiary/aromatic N) is 2. The molecule has 0 radical (unpaired) electrons. The quantitative estimate of drug-likeness (QED) is 0.187. The summed E-state index contributed by atoms with van der Waals surface area (Å²) in [5.41, 5.74) is 14.0. The van der Waals surface area contributed by atoms with Gasteiger partial charge in [-0.05, 0) is 111 Å². The number of fused-ring (bicyclic) bond motifs is 4. The molecular formula is C51H35N3O. The molecule has 0 amide bonds. The lowest BCUT2D eigenvalue weighted by atomic mass is 9.93. The van der Waals surface area contributed by atoms with Crippen molar-refractivity contribution in [1.82, 2.24) is 5.32 Å².